The average Bonchev–Trinajstić information content (AvgIpc) is 2.78. The first-order valence-electron chi connectivity index (χ1n) is 5.73. The molecule has 0 unspecified atom stereocenters. The van der Waals surface area contributed by atoms with E-state index in [0.29, 0.717) is 5.69 Å². The summed E-state index contributed by atoms with van der Waals surface area (Å²) >= 11 is 7.36. The van der Waals surface area contributed by atoms with Crippen LogP contribution >= 0.6 is 22.9 Å². The van der Waals surface area contributed by atoms with Crippen LogP contribution < -0.4 is 5.73 Å². The quantitative estimate of drug-likeness (QED) is 0.873. The monoisotopic (exact) mass is 331 g/mol. The van der Waals surface area contributed by atoms with Gasteiger partial charge in [-0.2, -0.15) is 4.31 Å². The van der Waals surface area contributed by atoms with Crippen molar-refractivity contribution in [2.45, 2.75) is 18.4 Å². The first-order chi connectivity index (χ1) is 9.30. The molecule has 2 aromatic rings. The van der Waals surface area contributed by atoms with E-state index in [1.165, 1.54) is 40.9 Å². The normalized spacial score (nSPS) is 12.0. The van der Waals surface area contributed by atoms with Crippen LogP contribution in [0.3, 0.4) is 0 Å². The number of aromatic nitrogens is 1. The molecule has 1 aromatic carbocycles. The third-order valence-corrected chi connectivity index (χ3v) is 5.68. The van der Waals surface area contributed by atoms with Gasteiger partial charge in [0, 0.05) is 12.4 Å². The van der Waals surface area contributed by atoms with Crippen LogP contribution in [0.4, 0.5) is 5.69 Å². The Morgan fingerprint density at radius 1 is 1.45 bits per heavy atom. The summed E-state index contributed by atoms with van der Waals surface area (Å²) in [4.78, 5) is 4.37. The molecule has 0 amide bonds. The number of nitrogens with zero attached hydrogens (tertiary/aromatic N) is 2. The molecular weight excluding hydrogens is 318 g/mol. The fraction of sp³-hybridized carbons (Fsp3) is 0.250. The van der Waals surface area contributed by atoms with Gasteiger partial charge in [-0.05, 0) is 25.1 Å². The van der Waals surface area contributed by atoms with Crippen molar-refractivity contribution < 1.29 is 8.42 Å². The van der Waals surface area contributed by atoms with E-state index in [2.05, 4.69) is 4.98 Å². The van der Waals surface area contributed by atoms with E-state index in [9.17, 15) is 8.42 Å². The highest BCUT2D eigenvalue weighted by Crippen LogP contribution is 2.25. The maximum atomic E-state index is 12.4. The number of nitrogens with two attached hydrogens (primary N) is 1. The van der Waals surface area contributed by atoms with Gasteiger partial charge < -0.3 is 5.73 Å². The predicted molar refractivity (Wildman–Crippen MR) is 81.4 cm³/mol. The van der Waals surface area contributed by atoms with E-state index in [1.54, 1.807) is 0 Å². The second-order valence-corrected chi connectivity index (χ2v) is 7.82. The lowest BCUT2D eigenvalue weighted by Gasteiger charge is -2.16. The average molecular weight is 332 g/mol. The van der Waals surface area contributed by atoms with Crippen LogP contribution in [0.15, 0.2) is 28.5 Å². The van der Waals surface area contributed by atoms with Gasteiger partial charge in [0.05, 0.1) is 32.9 Å². The molecular formula is C12H14ClN3O2S2. The zero-order valence-electron chi connectivity index (χ0n) is 11.0. The number of aryl methyl sites for hydroxylation is 1. The fourth-order valence-electron chi connectivity index (χ4n) is 1.64. The lowest BCUT2D eigenvalue weighted by molar-refractivity contribution is 0.463. The lowest BCUT2D eigenvalue weighted by Crippen LogP contribution is -2.26. The van der Waals surface area contributed by atoms with Gasteiger partial charge in [0.25, 0.3) is 0 Å². The van der Waals surface area contributed by atoms with Gasteiger partial charge in [-0.15, -0.1) is 11.3 Å². The number of anilines is 1. The van der Waals surface area contributed by atoms with Crippen molar-refractivity contribution in [3.8, 4) is 0 Å². The van der Waals surface area contributed by atoms with Crippen LogP contribution in [0.5, 0.6) is 0 Å². The standard InChI is InChI=1S/C12H14ClN3O2S2/c1-8-15-9(7-19-8)6-16(2)20(17,18)10-3-4-12(14)11(13)5-10/h3-5,7H,6,14H2,1-2H3. The number of sulfonamides is 1. The summed E-state index contributed by atoms with van der Waals surface area (Å²) in [6.07, 6.45) is 0. The molecule has 8 heteroatoms. The van der Waals surface area contributed by atoms with E-state index in [1.807, 2.05) is 12.3 Å². The van der Waals surface area contributed by atoms with E-state index < -0.39 is 10.0 Å². The van der Waals surface area contributed by atoms with E-state index >= 15 is 0 Å². The van der Waals surface area contributed by atoms with Crippen molar-refractivity contribution in [3.63, 3.8) is 0 Å². The van der Waals surface area contributed by atoms with Crippen LogP contribution in [0.2, 0.25) is 5.02 Å². The molecule has 0 atom stereocenters. The molecule has 20 heavy (non-hydrogen) atoms. The van der Waals surface area contributed by atoms with Gasteiger partial charge in [-0.1, -0.05) is 11.6 Å². The molecule has 0 aliphatic heterocycles. The molecule has 2 N–H and O–H groups in total. The molecule has 0 bridgehead atoms. The molecule has 0 saturated carbocycles. The molecule has 0 radical (unpaired) electrons. The minimum absolute atomic E-state index is 0.117. The van der Waals surface area contributed by atoms with E-state index in [0.717, 1.165) is 10.7 Å². The minimum Gasteiger partial charge on any atom is -0.398 e. The number of halogens is 1. The Bertz CT molecular complexity index is 728. The summed E-state index contributed by atoms with van der Waals surface area (Å²) < 4.78 is 26.1. The second-order valence-electron chi connectivity index (χ2n) is 4.30. The SMILES string of the molecule is Cc1nc(CN(C)S(=O)(=O)c2ccc(N)c(Cl)c2)cs1. The van der Waals surface area contributed by atoms with Crippen molar-refractivity contribution >= 4 is 38.6 Å². The predicted octanol–water partition coefficient (Wildman–Crippen LogP) is 2.51. The van der Waals surface area contributed by atoms with Crippen molar-refractivity contribution in [3.05, 3.63) is 39.3 Å². The van der Waals surface area contributed by atoms with Crippen LogP contribution in [0, 0.1) is 6.92 Å². The maximum Gasteiger partial charge on any atom is 0.243 e. The Balaban J connectivity index is 2.27. The number of rotatable bonds is 4. The van der Waals surface area contributed by atoms with Crippen LogP contribution in [-0.2, 0) is 16.6 Å². The molecule has 0 spiro atoms. The summed E-state index contributed by atoms with van der Waals surface area (Å²) in [5, 5.41) is 2.97. The molecule has 5 nitrogen and oxygen atoms in total. The number of benzene rings is 1. The summed E-state index contributed by atoms with van der Waals surface area (Å²) in [6.45, 7) is 2.09. The van der Waals surface area contributed by atoms with Crippen LogP contribution in [-0.4, -0.2) is 24.8 Å². The lowest BCUT2D eigenvalue weighted by atomic mass is 10.3. The topological polar surface area (TPSA) is 76.3 Å². The van der Waals surface area contributed by atoms with Crippen molar-refractivity contribution in [2.24, 2.45) is 0 Å². The molecule has 0 saturated heterocycles. The van der Waals surface area contributed by atoms with Crippen molar-refractivity contribution in [1.82, 2.24) is 9.29 Å². The molecule has 1 heterocycles. The Hall–Kier alpha value is -1.15. The Morgan fingerprint density at radius 2 is 2.15 bits per heavy atom. The molecule has 0 aliphatic carbocycles. The third kappa shape index (κ3) is 3.12. The highest BCUT2D eigenvalue weighted by Gasteiger charge is 2.22. The van der Waals surface area contributed by atoms with Crippen LogP contribution in [0.25, 0.3) is 0 Å². The van der Waals surface area contributed by atoms with Crippen molar-refractivity contribution in [1.29, 1.82) is 0 Å². The van der Waals surface area contributed by atoms with Gasteiger partial charge in [-0.3, -0.25) is 0 Å². The van der Waals surface area contributed by atoms with E-state index in [4.69, 9.17) is 17.3 Å². The minimum atomic E-state index is -3.61. The number of hydrogen-bond donors (Lipinski definition) is 1. The summed E-state index contributed by atoms with van der Waals surface area (Å²) in [5.74, 6) is 0. The van der Waals surface area contributed by atoms with Gasteiger partial charge >= 0.3 is 0 Å². The highest BCUT2D eigenvalue weighted by molar-refractivity contribution is 7.89. The molecule has 2 rings (SSSR count). The van der Waals surface area contributed by atoms with Gasteiger partial charge in [0.1, 0.15) is 0 Å². The van der Waals surface area contributed by atoms with Crippen molar-refractivity contribution in [2.75, 3.05) is 12.8 Å². The van der Waals surface area contributed by atoms with Gasteiger partial charge in [-0.25, -0.2) is 13.4 Å². The zero-order valence-corrected chi connectivity index (χ0v) is 13.4. The molecule has 1 aromatic heterocycles. The van der Waals surface area contributed by atoms with E-state index in [-0.39, 0.29) is 16.5 Å². The molecule has 0 fully saturated rings. The smallest absolute Gasteiger partial charge is 0.243 e. The van der Waals surface area contributed by atoms with Gasteiger partial charge in [0.15, 0.2) is 0 Å². The molecule has 108 valence electrons. The Labute approximate surface area is 127 Å². The number of nitrogen functional groups attached to an aromatic ring is 1. The second kappa shape index (κ2) is 5.69. The number of hydrogen-bond acceptors (Lipinski definition) is 5. The third-order valence-electron chi connectivity index (χ3n) is 2.73. The summed E-state index contributed by atoms with van der Waals surface area (Å²) in [6, 6.07) is 4.28. The largest absolute Gasteiger partial charge is 0.398 e. The first-order valence-corrected chi connectivity index (χ1v) is 8.43. The summed E-state index contributed by atoms with van der Waals surface area (Å²) in [7, 11) is -2.10. The van der Waals surface area contributed by atoms with Crippen LogP contribution in [0.1, 0.15) is 10.7 Å². The molecule has 0 aliphatic rings. The first kappa shape index (κ1) is 15.2. The fourth-order valence-corrected chi connectivity index (χ4v) is 3.66. The van der Waals surface area contributed by atoms with Gasteiger partial charge in [0.2, 0.25) is 10.0 Å². The highest BCUT2D eigenvalue weighted by atomic mass is 35.5. The zero-order chi connectivity index (χ0) is 14.9. The summed E-state index contributed by atoms with van der Waals surface area (Å²) in [5.41, 5.74) is 6.66. The number of thiazole rings is 1. The maximum absolute atomic E-state index is 12.4. The Kier molecular flexibility index (Phi) is 4.33. The Morgan fingerprint density at radius 3 is 2.70 bits per heavy atom.